The van der Waals surface area contributed by atoms with E-state index in [0.717, 1.165) is 60.9 Å². The van der Waals surface area contributed by atoms with Crippen molar-refractivity contribution in [3.8, 4) is 11.3 Å². The summed E-state index contributed by atoms with van der Waals surface area (Å²) in [5.74, 6) is -1.87. The molecule has 0 saturated carbocycles. The average molecular weight is 730 g/mol. The fourth-order valence-electron chi connectivity index (χ4n) is 6.27. The van der Waals surface area contributed by atoms with Crippen molar-refractivity contribution in [2.45, 2.75) is 160 Å². The highest BCUT2D eigenvalue weighted by Crippen LogP contribution is 2.46. The number of nitrogen functional groups attached to an aromatic ring is 1. The summed E-state index contributed by atoms with van der Waals surface area (Å²) >= 11 is 7.16. The largest absolute Gasteiger partial charge is 0.384 e. The van der Waals surface area contributed by atoms with Crippen molar-refractivity contribution in [3.05, 3.63) is 76.0 Å². The van der Waals surface area contributed by atoms with E-state index in [4.69, 9.17) is 17.3 Å². The number of pyridine rings is 1. The lowest BCUT2D eigenvalue weighted by Crippen LogP contribution is -2.42. The van der Waals surface area contributed by atoms with Gasteiger partial charge >= 0.3 is 0 Å². The van der Waals surface area contributed by atoms with Gasteiger partial charge in [0.1, 0.15) is 5.82 Å². The van der Waals surface area contributed by atoms with Crippen molar-refractivity contribution < 1.29 is 8.78 Å². The maximum Gasteiger partial charge on any atom is 0.272 e. The Bertz CT molecular complexity index is 1490. The number of hydrogen-bond donors (Lipinski definition) is 2. The Kier molecular flexibility index (Phi) is 20.9. The Morgan fingerprint density at radius 1 is 1.02 bits per heavy atom. The van der Waals surface area contributed by atoms with Crippen LogP contribution in [0, 0.1) is 25.7 Å². The van der Waals surface area contributed by atoms with Crippen molar-refractivity contribution in [1.82, 2.24) is 4.98 Å². The monoisotopic (exact) mass is 729 g/mol. The van der Waals surface area contributed by atoms with Crippen LogP contribution in [0.4, 0.5) is 20.3 Å². The second-order valence-corrected chi connectivity index (χ2v) is 15.0. The van der Waals surface area contributed by atoms with Crippen LogP contribution >= 0.6 is 11.6 Å². The van der Waals surface area contributed by atoms with E-state index in [1.807, 2.05) is 41.5 Å². The van der Waals surface area contributed by atoms with Crippen molar-refractivity contribution in [1.29, 1.82) is 0 Å². The van der Waals surface area contributed by atoms with Crippen LogP contribution in [0.5, 0.6) is 0 Å². The first-order valence-corrected chi connectivity index (χ1v) is 19.3. The summed E-state index contributed by atoms with van der Waals surface area (Å²) in [6, 6.07) is 3.26. The molecular formula is C44H71ClF2N4. The number of anilines is 2. The Morgan fingerprint density at radius 3 is 2.08 bits per heavy atom. The van der Waals surface area contributed by atoms with E-state index in [9.17, 15) is 8.78 Å². The molecule has 3 atom stereocenters. The molecule has 0 aliphatic heterocycles. The number of hydrogen-bond acceptors (Lipinski definition) is 4. The molecule has 2 rings (SSSR count). The van der Waals surface area contributed by atoms with Gasteiger partial charge in [-0.1, -0.05) is 110 Å². The fraction of sp³-hybridized carbons (Fsp3) is 0.591. The van der Waals surface area contributed by atoms with Crippen LogP contribution in [-0.4, -0.2) is 16.2 Å². The van der Waals surface area contributed by atoms with Gasteiger partial charge in [-0.25, -0.2) is 13.8 Å². The Balaban J connectivity index is 0.00000164. The Labute approximate surface area is 316 Å². The second kappa shape index (κ2) is 22.2. The number of nitrogens with two attached hydrogens (primary N) is 1. The highest BCUT2D eigenvalue weighted by Gasteiger charge is 2.35. The van der Waals surface area contributed by atoms with Crippen molar-refractivity contribution in [3.63, 3.8) is 0 Å². The topological polar surface area (TPSA) is 63.3 Å². The SMILES string of the molecule is C=C(C)CC[C@@](C)(Nc1c(Cl)c(-c2nc(N)cc(C)c2C(C)(F)F)cc(C)c1C(C)=NC(=C)C)C(C)CC.C=C(CC)CC(C)CCCC.CC. The maximum absolute atomic E-state index is 14.9. The van der Waals surface area contributed by atoms with Crippen molar-refractivity contribution in [2.75, 3.05) is 11.1 Å². The lowest BCUT2D eigenvalue weighted by molar-refractivity contribution is 0.0172. The smallest absolute Gasteiger partial charge is 0.272 e. The third kappa shape index (κ3) is 14.9. The molecule has 2 unspecified atom stereocenters. The first-order chi connectivity index (χ1) is 23.6. The normalized spacial score (nSPS) is 13.9. The minimum absolute atomic E-state index is 0.0828. The van der Waals surface area contributed by atoms with Gasteiger partial charge in [-0.3, -0.25) is 4.99 Å². The lowest BCUT2D eigenvalue weighted by Gasteiger charge is -2.39. The summed E-state index contributed by atoms with van der Waals surface area (Å²) in [5, 5.41) is 4.06. The maximum atomic E-state index is 14.9. The Morgan fingerprint density at radius 2 is 1.61 bits per heavy atom. The number of allylic oxidation sites excluding steroid dienone is 3. The summed E-state index contributed by atoms with van der Waals surface area (Å²) in [6.07, 6.45) is 9.04. The van der Waals surface area contributed by atoms with Crippen LogP contribution in [0.1, 0.15) is 157 Å². The van der Waals surface area contributed by atoms with Gasteiger partial charge in [0.2, 0.25) is 0 Å². The summed E-state index contributed by atoms with van der Waals surface area (Å²) in [4.78, 5) is 8.99. The van der Waals surface area contributed by atoms with Crippen LogP contribution in [0.15, 0.2) is 53.7 Å². The molecule has 0 spiro atoms. The average Bonchev–Trinajstić information content (AvgIpc) is 3.03. The summed E-state index contributed by atoms with van der Waals surface area (Å²) in [6.45, 7) is 39.5. The zero-order chi connectivity index (χ0) is 39.9. The van der Waals surface area contributed by atoms with E-state index < -0.39 is 5.92 Å². The number of nitrogens with zero attached hydrogens (tertiary/aromatic N) is 2. The Hall–Kier alpha value is -2.99. The third-order valence-electron chi connectivity index (χ3n) is 9.48. The molecule has 2 aromatic rings. The molecule has 0 aliphatic carbocycles. The molecular weight excluding hydrogens is 658 g/mol. The van der Waals surface area contributed by atoms with E-state index in [-0.39, 0.29) is 28.5 Å². The van der Waals surface area contributed by atoms with Gasteiger partial charge in [0.05, 0.1) is 16.4 Å². The molecule has 0 bridgehead atoms. The first kappa shape index (κ1) is 48.0. The van der Waals surface area contributed by atoms with E-state index >= 15 is 0 Å². The van der Waals surface area contributed by atoms with Crippen LogP contribution in [0.2, 0.25) is 5.02 Å². The molecule has 3 N–H and O–H groups in total. The molecule has 0 amide bonds. The van der Waals surface area contributed by atoms with E-state index in [0.29, 0.717) is 27.5 Å². The molecule has 51 heavy (non-hydrogen) atoms. The van der Waals surface area contributed by atoms with Gasteiger partial charge in [0, 0.05) is 40.6 Å². The minimum atomic E-state index is -3.15. The number of alkyl halides is 2. The molecule has 0 saturated heterocycles. The van der Waals surface area contributed by atoms with Gasteiger partial charge in [0.25, 0.3) is 5.92 Å². The summed E-state index contributed by atoms with van der Waals surface area (Å²) < 4.78 is 29.8. The van der Waals surface area contributed by atoms with Crippen molar-refractivity contribution >= 4 is 28.8 Å². The highest BCUT2D eigenvalue weighted by atomic mass is 35.5. The molecule has 0 fully saturated rings. The second-order valence-electron chi connectivity index (χ2n) is 14.6. The lowest BCUT2D eigenvalue weighted by atomic mass is 9.79. The third-order valence-corrected chi connectivity index (χ3v) is 9.87. The number of rotatable bonds is 17. The molecule has 1 heterocycles. The van der Waals surface area contributed by atoms with Crippen LogP contribution in [0.25, 0.3) is 11.3 Å². The number of aliphatic imine (C=N–C) groups is 1. The zero-order valence-electron chi connectivity index (χ0n) is 34.7. The van der Waals surface area contributed by atoms with E-state index in [1.54, 1.807) is 13.0 Å². The number of nitrogens with one attached hydrogen (secondary N) is 1. The minimum Gasteiger partial charge on any atom is -0.384 e. The van der Waals surface area contributed by atoms with Crippen LogP contribution in [-0.2, 0) is 5.92 Å². The van der Waals surface area contributed by atoms with Gasteiger partial charge < -0.3 is 11.1 Å². The van der Waals surface area contributed by atoms with Crippen LogP contribution < -0.4 is 11.1 Å². The fourth-order valence-corrected chi connectivity index (χ4v) is 6.56. The van der Waals surface area contributed by atoms with Gasteiger partial charge in [-0.15, -0.1) is 6.58 Å². The molecule has 0 aliphatic rings. The quantitative estimate of drug-likeness (QED) is 0.126. The predicted molar refractivity (Wildman–Crippen MR) is 225 cm³/mol. The highest BCUT2D eigenvalue weighted by molar-refractivity contribution is 6.37. The number of unbranched alkanes of at least 4 members (excludes halogenated alkanes) is 1. The standard InChI is InChI=1S/C31H43ClF2N4.C11H22.C2H6/c1-12-21(8)30(10,14-13-17(2)3)38-29-25(22(9)36-18(4)5)19(6)15-23(27(29)32)28-26(31(11,33)34)20(7)16-24(35)37-28;1-5-7-8-11(4)9-10(3)6-2;1-2/h15-16,21,38H,2,4,12-14H2,1,3,5-11H3,(H2,35,37);11H,3,5-9H2,1-2,4H3;1-2H3/t21?,30-;;/m1../s1. The molecule has 0 radical (unpaired) electrons. The van der Waals surface area contributed by atoms with Crippen molar-refractivity contribution in [2.24, 2.45) is 16.8 Å². The van der Waals surface area contributed by atoms with E-state index in [1.165, 1.54) is 37.3 Å². The summed E-state index contributed by atoms with van der Waals surface area (Å²) in [5.41, 5.74) is 12.5. The van der Waals surface area contributed by atoms with Crippen LogP contribution in [0.3, 0.4) is 0 Å². The number of halogens is 3. The molecule has 4 nitrogen and oxygen atoms in total. The van der Waals surface area contributed by atoms with E-state index in [2.05, 4.69) is 76.6 Å². The zero-order valence-corrected chi connectivity index (χ0v) is 35.4. The van der Waals surface area contributed by atoms with Gasteiger partial charge in [-0.2, -0.15) is 0 Å². The molecule has 288 valence electrons. The first-order valence-electron chi connectivity index (χ1n) is 18.9. The molecule has 7 heteroatoms. The number of benzene rings is 1. The van der Waals surface area contributed by atoms with Gasteiger partial charge in [-0.05, 0) is 102 Å². The predicted octanol–water partition coefficient (Wildman–Crippen LogP) is 14.8. The molecule has 1 aromatic heterocycles. The summed E-state index contributed by atoms with van der Waals surface area (Å²) in [7, 11) is 0. The number of aryl methyl sites for hydroxylation is 2. The number of aromatic nitrogens is 1. The molecule has 1 aromatic carbocycles. The van der Waals surface area contributed by atoms with Gasteiger partial charge in [0.15, 0.2) is 0 Å².